The summed E-state index contributed by atoms with van der Waals surface area (Å²) in [6, 6.07) is 0. The monoisotopic (exact) mass is 276 g/mol. The van der Waals surface area contributed by atoms with Crippen LogP contribution < -0.4 is 5.32 Å². The van der Waals surface area contributed by atoms with Crippen molar-refractivity contribution in [2.24, 2.45) is 0 Å². The van der Waals surface area contributed by atoms with Gasteiger partial charge < -0.3 is 25.2 Å². The Kier molecular flexibility index (Phi) is 11.1. The number of carbonyl (C=O) groups is 2. The van der Waals surface area contributed by atoms with Crippen LogP contribution in [0.5, 0.6) is 0 Å². The molecule has 0 aromatic heterocycles. The highest BCUT2D eigenvalue weighted by molar-refractivity contribution is 5.76. The highest BCUT2D eigenvalue weighted by Crippen LogP contribution is 1.93. The summed E-state index contributed by atoms with van der Waals surface area (Å²) < 4.78 is 4.71. The van der Waals surface area contributed by atoms with Gasteiger partial charge in [0.05, 0.1) is 13.0 Å². The zero-order valence-corrected chi connectivity index (χ0v) is 11.4. The molecule has 7 nitrogen and oxygen atoms in total. The van der Waals surface area contributed by atoms with E-state index in [-0.39, 0.29) is 38.1 Å². The van der Waals surface area contributed by atoms with Crippen LogP contribution in [0.25, 0.3) is 0 Å². The second kappa shape index (κ2) is 11.9. The third-order valence-corrected chi connectivity index (χ3v) is 2.43. The third kappa shape index (κ3) is 11.6. The summed E-state index contributed by atoms with van der Waals surface area (Å²) in [4.78, 5) is 24.4. The van der Waals surface area contributed by atoms with Gasteiger partial charge in [0.2, 0.25) is 5.91 Å². The van der Waals surface area contributed by atoms with Crippen LogP contribution in [0, 0.1) is 0 Å². The standard InChI is InChI=1S/C12H24N2O5/c1-14(7-4-12(18)19-10-9-16)6-3-11(17)13-5-2-8-15/h15-16H,2-10H2,1H3,(H,13,17). The second-order valence-corrected chi connectivity index (χ2v) is 4.17. The van der Waals surface area contributed by atoms with E-state index in [1.54, 1.807) is 0 Å². The van der Waals surface area contributed by atoms with E-state index in [9.17, 15) is 9.59 Å². The van der Waals surface area contributed by atoms with E-state index in [1.165, 1.54) is 0 Å². The number of amides is 1. The van der Waals surface area contributed by atoms with Gasteiger partial charge in [-0.2, -0.15) is 0 Å². The fourth-order valence-corrected chi connectivity index (χ4v) is 1.31. The van der Waals surface area contributed by atoms with Gasteiger partial charge in [-0.1, -0.05) is 0 Å². The quantitative estimate of drug-likeness (QED) is 0.321. The van der Waals surface area contributed by atoms with Crippen molar-refractivity contribution in [2.45, 2.75) is 19.3 Å². The maximum atomic E-state index is 11.4. The first-order valence-electron chi connectivity index (χ1n) is 6.42. The van der Waals surface area contributed by atoms with Gasteiger partial charge >= 0.3 is 5.97 Å². The molecule has 0 fully saturated rings. The third-order valence-electron chi connectivity index (χ3n) is 2.43. The summed E-state index contributed by atoms with van der Waals surface area (Å²) >= 11 is 0. The molecule has 0 saturated carbocycles. The first-order chi connectivity index (χ1) is 9.10. The summed E-state index contributed by atoms with van der Waals surface area (Å²) in [7, 11) is 1.82. The fourth-order valence-electron chi connectivity index (χ4n) is 1.31. The van der Waals surface area contributed by atoms with Crippen molar-refractivity contribution < 1.29 is 24.5 Å². The Morgan fingerprint density at radius 3 is 2.47 bits per heavy atom. The van der Waals surface area contributed by atoms with E-state index in [4.69, 9.17) is 14.9 Å². The van der Waals surface area contributed by atoms with Crippen LogP contribution in [0.15, 0.2) is 0 Å². The number of carbonyl (C=O) groups excluding carboxylic acids is 2. The number of aliphatic hydroxyl groups excluding tert-OH is 2. The van der Waals surface area contributed by atoms with E-state index >= 15 is 0 Å². The molecule has 7 heteroatoms. The van der Waals surface area contributed by atoms with Gasteiger partial charge in [0, 0.05) is 32.7 Å². The Labute approximate surface area is 113 Å². The Morgan fingerprint density at radius 2 is 1.84 bits per heavy atom. The first kappa shape index (κ1) is 17.8. The first-order valence-corrected chi connectivity index (χ1v) is 6.42. The van der Waals surface area contributed by atoms with Crippen LogP contribution in [-0.2, 0) is 14.3 Å². The van der Waals surface area contributed by atoms with Crippen molar-refractivity contribution in [3.63, 3.8) is 0 Å². The van der Waals surface area contributed by atoms with E-state index in [1.807, 2.05) is 11.9 Å². The molecule has 0 aliphatic heterocycles. The highest BCUT2D eigenvalue weighted by atomic mass is 16.5. The van der Waals surface area contributed by atoms with Gasteiger partial charge in [0.25, 0.3) is 0 Å². The lowest BCUT2D eigenvalue weighted by atomic mass is 10.3. The number of esters is 1. The molecule has 0 aliphatic carbocycles. The van der Waals surface area contributed by atoms with Gasteiger partial charge in [-0.3, -0.25) is 9.59 Å². The molecular formula is C12H24N2O5. The molecule has 0 saturated heterocycles. The smallest absolute Gasteiger partial charge is 0.307 e. The molecule has 0 aromatic rings. The van der Waals surface area contributed by atoms with Gasteiger partial charge in [-0.25, -0.2) is 0 Å². The Bertz CT molecular complexity index is 261. The van der Waals surface area contributed by atoms with Crippen molar-refractivity contribution in [3.05, 3.63) is 0 Å². The summed E-state index contributed by atoms with van der Waals surface area (Å²) in [6.45, 7) is 1.46. The summed E-state index contributed by atoms with van der Waals surface area (Å²) in [5.74, 6) is -0.420. The molecule has 0 rings (SSSR count). The number of ether oxygens (including phenoxy) is 1. The summed E-state index contributed by atoms with van der Waals surface area (Å²) in [6.07, 6.45) is 1.15. The predicted octanol–water partition coefficient (Wildman–Crippen LogP) is -1.27. The van der Waals surface area contributed by atoms with Gasteiger partial charge in [-0.15, -0.1) is 0 Å². The van der Waals surface area contributed by atoms with Crippen molar-refractivity contribution in [2.75, 3.05) is 46.5 Å². The molecule has 0 radical (unpaired) electrons. The van der Waals surface area contributed by atoms with Crippen LogP contribution in [0.2, 0.25) is 0 Å². The van der Waals surface area contributed by atoms with Crippen molar-refractivity contribution in [1.29, 1.82) is 0 Å². The van der Waals surface area contributed by atoms with E-state index < -0.39 is 0 Å². The lowest BCUT2D eigenvalue weighted by molar-refractivity contribution is -0.144. The maximum Gasteiger partial charge on any atom is 0.307 e. The Hall–Kier alpha value is -1.18. The molecule has 3 N–H and O–H groups in total. The van der Waals surface area contributed by atoms with Crippen LogP contribution in [-0.4, -0.2) is 73.5 Å². The topological polar surface area (TPSA) is 99.1 Å². The highest BCUT2D eigenvalue weighted by Gasteiger charge is 2.07. The number of hydrogen-bond donors (Lipinski definition) is 3. The molecular weight excluding hydrogens is 252 g/mol. The number of nitrogens with zero attached hydrogens (tertiary/aromatic N) is 1. The van der Waals surface area contributed by atoms with E-state index in [0.29, 0.717) is 32.5 Å². The molecule has 0 unspecified atom stereocenters. The Balaban J connectivity index is 3.55. The molecule has 0 bridgehead atoms. The fraction of sp³-hybridized carbons (Fsp3) is 0.833. The SMILES string of the molecule is CN(CCC(=O)NCCCO)CCC(=O)OCCO. The van der Waals surface area contributed by atoms with Gasteiger partial charge in [0.15, 0.2) is 0 Å². The predicted molar refractivity (Wildman–Crippen MR) is 69.5 cm³/mol. The number of hydrogen-bond acceptors (Lipinski definition) is 6. The lowest BCUT2D eigenvalue weighted by Gasteiger charge is -2.15. The van der Waals surface area contributed by atoms with Crippen molar-refractivity contribution in [3.8, 4) is 0 Å². The van der Waals surface area contributed by atoms with Crippen LogP contribution in [0.1, 0.15) is 19.3 Å². The average molecular weight is 276 g/mol. The van der Waals surface area contributed by atoms with Crippen molar-refractivity contribution in [1.82, 2.24) is 10.2 Å². The molecule has 112 valence electrons. The number of nitrogens with one attached hydrogen (secondary N) is 1. The summed E-state index contributed by atoms with van der Waals surface area (Å²) in [5, 5.41) is 19.7. The molecule has 1 amide bonds. The van der Waals surface area contributed by atoms with Gasteiger partial charge in [0.1, 0.15) is 6.61 Å². The van der Waals surface area contributed by atoms with Crippen LogP contribution >= 0.6 is 0 Å². The van der Waals surface area contributed by atoms with Crippen LogP contribution in [0.4, 0.5) is 0 Å². The van der Waals surface area contributed by atoms with E-state index in [2.05, 4.69) is 5.32 Å². The molecule has 0 atom stereocenters. The lowest BCUT2D eigenvalue weighted by Crippen LogP contribution is -2.30. The minimum Gasteiger partial charge on any atom is -0.463 e. The maximum absolute atomic E-state index is 11.4. The zero-order valence-electron chi connectivity index (χ0n) is 11.4. The number of rotatable bonds is 11. The molecule has 0 heterocycles. The van der Waals surface area contributed by atoms with Crippen LogP contribution in [0.3, 0.4) is 0 Å². The minimum atomic E-state index is -0.353. The average Bonchev–Trinajstić information content (AvgIpc) is 2.40. The summed E-state index contributed by atoms with van der Waals surface area (Å²) in [5.41, 5.74) is 0. The molecule has 0 aromatic carbocycles. The second-order valence-electron chi connectivity index (χ2n) is 4.17. The van der Waals surface area contributed by atoms with Gasteiger partial charge in [-0.05, 0) is 13.5 Å². The Morgan fingerprint density at radius 1 is 1.16 bits per heavy atom. The normalized spacial score (nSPS) is 10.5. The molecule has 19 heavy (non-hydrogen) atoms. The molecule has 0 aliphatic rings. The largest absolute Gasteiger partial charge is 0.463 e. The van der Waals surface area contributed by atoms with Crippen molar-refractivity contribution >= 4 is 11.9 Å². The zero-order chi connectivity index (χ0) is 14.5. The van der Waals surface area contributed by atoms with E-state index in [0.717, 1.165) is 0 Å². The number of aliphatic hydroxyl groups is 2. The molecule has 0 spiro atoms. The minimum absolute atomic E-state index is 0.0236.